The Kier molecular flexibility index (Phi) is 5.90. The molecule has 25 heavy (non-hydrogen) atoms. The predicted octanol–water partition coefficient (Wildman–Crippen LogP) is 1.01. The number of rotatable bonds is 7. The van der Waals surface area contributed by atoms with Crippen molar-refractivity contribution in [1.82, 2.24) is 14.8 Å². The number of hydrogen-bond donors (Lipinski definition) is 1. The van der Waals surface area contributed by atoms with Gasteiger partial charge >= 0.3 is 0 Å². The molecule has 1 fully saturated rings. The fraction of sp³-hybridized carbons (Fsp3) is 0.444. The Morgan fingerprint density at radius 2 is 1.92 bits per heavy atom. The second-order valence-corrected chi connectivity index (χ2v) is 6.04. The maximum Gasteiger partial charge on any atom is 0.285 e. The smallest absolute Gasteiger partial charge is 0.285 e. The summed E-state index contributed by atoms with van der Waals surface area (Å²) in [6.45, 7) is 5.78. The van der Waals surface area contributed by atoms with Gasteiger partial charge in [0.05, 0.1) is 12.8 Å². The highest BCUT2D eigenvalue weighted by molar-refractivity contribution is 5.58. The van der Waals surface area contributed by atoms with E-state index in [2.05, 4.69) is 32.5 Å². The van der Waals surface area contributed by atoms with E-state index >= 15 is 0 Å². The van der Waals surface area contributed by atoms with E-state index < -0.39 is 0 Å². The molecule has 0 bridgehead atoms. The van der Waals surface area contributed by atoms with Crippen molar-refractivity contribution in [3.8, 4) is 5.75 Å². The molecule has 0 amide bonds. The van der Waals surface area contributed by atoms with E-state index in [1.54, 1.807) is 19.4 Å². The van der Waals surface area contributed by atoms with Gasteiger partial charge in [0.15, 0.2) is 0 Å². The monoisotopic (exact) mass is 343 g/mol. The van der Waals surface area contributed by atoms with Crippen LogP contribution in [0.5, 0.6) is 5.75 Å². The Morgan fingerprint density at radius 3 is 2.68 bits per heavy atom. The lowest BCUT2D eigenvalue weighted by molar-refractivity contribution is 0.255. The molecule has 1 aromatic heterocycles. The van der Waals surface area contributed by atoms with Crippen molar-refractivity contribution >= 4 is 5.69 Å². The van der Waals surface area contributed by atoms with Crippen LogP contribution in [-0.2, 0) is 0 Å². The van der Waals surface area contributed by atoms with Gasteiger partial charge in [0, 0.05) is 51.5 Å². The summed E-state index contributed by atoms with van der Waals surface area (Å²) in [7, 11) is 1.72. The van der Waals surface area contributed by atoms with Gasteiger partial charge in [0.1, 0.15) is 5.75 Å². The standard InChI is InChI=1S/C18H25N5O2/c1-25-17-7-3-2-6-16(17)22-14-12-21(13-15-22)11-5-10-20-23-18(24)8-4-9-19-23/h2-4,6-9,20H,5,10-15H2,1H3. The Hall–Kier alpha value is -2.54. The van der Waals surface area contributed by atoms with Crippen LogP contribution in [0.3, 0.4) is 0 Å². The van der Waals surface area contributed by atoms with E-state index in [1.807, 2.05) is 12.1 Å². The summed E-state index contributed by atoms with van der Waals surface area (Å²) in [5, 5.41) is 3.98. The minimum atomic E-state index is -0.132. The first-order chi connectivity index (χ1) is 12.3. The van der Waals surface area contributed by atoms with Crippen LogP contribution in [0.1, 0.15) is 6.42 Å². The van der Waals surface area contributed by atoms with Gasteiger partial charge in [-0.25, -0.2) is 0 Å². The predicted molar refractivity (Wildman–Crippen MR) is 99.0 cm³/mol. The highest BCUT2D eigenvalue weighted by Crippen LogP contribution is 2.28. The molecule has 1 saturated heterocycles. The van der Waals surface area contributed by atoms with Crippen molar-refractivity contribution in [2.75, 3.05) is 56.7 Å². The van der Waals surface area contributed by atoms with E-state index in [-0.39, 0.29) is 5.56 Å². The number of hydrogen-bond acceptors (Lipinski definition) is 6. The zero-order chi connectivity index (χ0) is 17.5. The maximum atomic E-state index is 11.5. The summed E-state index contributed by atoms with van der Waals surface area (Å²) < 4.78 is 5.46. The second-order valence-electron chi connectivity index (χ2n) is 6.04. The summed E-state index contributed by atoms with van der Waals surface area (Å²) in [5.41, 5.74) is 4.08. The Labute approximate surface area is 147 Å². The van der Waals surface area contributed by atoms with Crippen molar-refractivity contribution in [1.29, 1.82) is 0 Å². The zero-order valence-corrected chi connectivity index (χ0v) is 14.6. The number of ether oxygens (including phenoxy) is 1. The van der Waals surface area contributed by atoms with Crippen LogP contribution in [0.15, 0.2) is 47.4 Å². The minimum Gasteiger partial charge on any atom is -0.495 e. The summed E-state index contributed by atoms with van der Waals surface area (Å²) in [6.07, 6.45) is 2.57. The molecule has 1 aromatic carbocycles. The van der Waals surface area contributed by atoms with E-state index in [4.69, 9.17) is 4.74 Å². The average Bonchev–Trinajstić information content (AvgIpc) is 2.67. The molecule has 2 heterocycles. The van der Waals surface area contributed by atoms with Gasteiger partial charge < -0.3 is 15.1 Å². The zero-order valence-electron chi connectivity index (χ0n) is 14.6. The van der Waals surface area contributed by atoms with Gasteiger partial charge in [0.25, 0.3) is 5.56 Å². The molecule has 0 radical (unpaired) electrons. The number of nitrogens with one attached hydrogen (secondary N) is 1. The largest absolute Gasteiger partial charge is 0.495 e. The first-order valence-corrected chi connectivity index (χ1v) is 8.66. The van der Waals surface area contributed by atoms with Crippen LogP contribution in [0, 0.1) is 0 Å². The fourth-order valence-electron chi connectivity index (χ4n) is 3.07. The van der Waals surface area contributed by atoms with Crippen LogP contribution in [0.4, 0.5) is 5.69 Å². The van der Waals surface area contributed by atoms with Crippen LogP contribution in [-0.4, -0.2) is 61.2 Å². The van der Waals surface area contributed by atoms with Crippen molar-refractivity contribution < 1.29 is 4.74 Å². The van der Waals surface area contributed by atoms with Gasteiger partial charge in [-0.2, -0.15) is 5.10 Å². The van der Waals surface area contributed by atoms with Crippen LogP contribution < -0.4 is 20.6 Å². The van der Waals surface area contributed by atoms with Crippen molar-refractivity contribution in [3.63, 3.8) is 0 Å². The topological polar surface area (TPSA) is 62.6 Å². The Morgan fingerprint density at radius 1 is 1.12 bits per heavy atom. The summed E-state index contributed by atoms with van der Waals surface area (Å²) in [5.74, 6) is 0.931. The quantitative estimate of drug-likeness (QED) is 0.757. The molecule has 2 aromatic rings. The molecule has 0 unspecified atom stereocenters. The molecule has 134 valence electrons. The molecular formula is C18H25N5O2. The molecular weight excluding hydrogens is 318 g/mol. The molecule has 1 aliphatic heterocycles. The highest BCUT2D eigenvalue weighted by Gasteiger charge is 2.18. The molecule has 0 atom stereocenters. The SMILES string of the molecule is COc1ccccc1N1CCN(CCCNn2ncccc2=O)CC1. The van der Waals surface area contributed by atoms with E-state index in [0.29, 0.717) is 0 Å². The van der Waals surface area contributed by atoms with E-state index in [0.717, 1.165) is 51.4 Å². The lowest BCUT2D eigenvalue weighted by Gasteiger charge is -2.36. The average molecular weight is 343 g/mol. The maximum absolute atomic E-state index is 11.5. The number of anilines is 1. The summed E-state index contributed by atoms with van der Waals surface area (Å²) in [4.78, 5) is 17.7. The summed E-state index contributed by atoms with van der Waals surface area (Å²) in [6, 6.07) is 11.3. The lowest BCUT2D eigenvalue weighted by Crippen LogP contribution is -2.47. The molecule has 3 rings (SSSR count). The van der Waals surface area contributed by atoms with Gasteiger partial charge in [-0.05, 0) is 24.6 Å². The van der Waals surface area contributed by atoms with Gasteiger partial charge in [-0.15, -0.1) is 4.79 Å². The van der Waals surface area contributed by atoms with Gasteiger partial charge in [-0.3, -0.25) is 9.69 Å². The van der Waals surface area contributed by atoms with Crippen molar-refractivity contribution in [3.05, 3.63) is 52.9 Å². The molecule has 7 nitrogen and oxygen atoms in total. The van der Waals surface area contributed by atoms with Crippen LogP contribution in [0.2, 0.25) is 0 Å². The van der Waals surface area contributed by atoms with Gasteiger partial charge in [-0.1, -0.05) is 12.1 Å². The van der Waals surface area contributed by atoms with Crippen LogP contribution >= 0.6 is 0 Å². The number of nitrogens with zero attached hydrogens (tertiary/aromatic N) is 4. The third-order valence-corrected chi connectivity index (χ3v) is 4.43. The minimum absolute atomic E-state index is 0.132. The first-order valence-electron chi connectivity index (χ1n) is 8.66. The molecule has 0 saturated carbocycles. The summed E-state index contributed by atoms with van der Waals surface area (Å²) >= 11 is 0. The van der Waals surface area contributed by atoms with E-state index in [1.165, 1.54) is 16.5 Å². The fourth-order valence-corrected chi connectivity index (χ4v) is 3.07. The van der Waals surface area contributed by atoms with E-state index in [9.17, 15) is 4.79 Å². The number of benzene rings is 1. The second kappa shape index (κ2) is 8.53. The Balaban J connectivity index is 1.41. The third-order valence-electron chi connectivity index (χ3n) is 4.43. The van der Waals surface area contributed by atoms with Crippen LogP contribution in [0.25, 0.3) is 0 Å². The molecule has 7 heteroatoms. The third kappa shape index (κ3) is 4.51. The van der Waals surface area contributed by atoms with Gasteiger partial charge in [0.2, 0.25) is 0 Å². The molecule has 0 aliphatic carbocycles. The van der Waals surface area contributed by atoms with Crippen molar-refractivity contribution in [2.45, 2.75) is 6.42 Å². The highest BCUT2D eigenvalue weighted by atomic mass is 16.5. The number of methoxy groups -OCH3 is 1. The first kappa shape index (κ1) is 17.3. The van der Waals surface area contributed by atoms with Crippen molar-refractivity contribution in [2.24, 2.45) is 0 Å². The molecule has 1 aliphatic rings. The number of para-hydroxylation sites is 2. The molecule has 0 spiro atoms. The Bertz CT molecular complexity index is 725. The normalized spacial score (nSPS) is 15.2. The number of aromatic nitrogens is 2. The molecule has 1 N–H and O–H groups in total. The lowest BCUT2D eigenvalue weighted by atomic mass is 10.2. The number of piperazine rings is 1.